The lowest BCUT2D eigenvalue weighted by Crippen LogP contribution is -2.36. The van der Waals surface area contributed by atoms with E-state index < -0.39 is 0 Å². The van der Waals surface area contributed by atoms with Crippen LogP contribution in [0.2, 0.25) is 0 Å². The van der Waals surface area contributed by atoms with Crippen molar-refractivity contribution < 1.29 is 4.74 Å². The maximum Gasteiger partial charge on any atom is 0.160 e. The first-order chi connectivity index (χ1) is 9.64. The van der Waals surface area contributed by atoms with Crippen molar-refractivity contribution in [1.82, 2.24) is 15.3 Å². The van der Waals surface area contributed by atoms with E-state index in [1.807, 2.05) is 0 Å². The van der Waals surface area contributed by atoms with E-state index in [2.05, 4.69) is 26.1 Å². The van der Waals surface area contributed by atoms with E-state index in [1.54, 1.807) is 0 Å². The Labute approximate surface area is 121 Å². The highest BCUT2D eigenvalue weighted by molar-refractivity contribution is 5.29. The van der Waals surface area contributed by atoms with Gasteiger partial charge in [0, 0.05) is 31.0 Å². The number of aromatic nitrogens is 2. The highest BCUT2D eigenvalue weighted by Crippen LogP contribution is 2.41. The van der Waals surface area contributed by atoms with Crippen LogP contribution in [0.3, 0.4) is 0 Å². The zero-order valence-electron chi connectivity index (χ0n) is 12.8. The van der Waals surface area contributed by atoms with Crippen molar-refractivity contribution in [3.05, 3.63) is 22.8 Å². The molecule has 1 N–H and O–H groups in total. The van der Waals surface area contributed by atoms with Gasteiger partial charge < -0.3 is 10.1 Å². The first-order valence-electron chi connectivity index (χ1n) is 7.86. The van der Waals surface area contributed by atoms with Crippen LogP contribution in [0.1, 0.15) is 62.3 Å². The first kappa shape index (κ1) is 14.0. The van der Waals surface area contributed by atoms with Gasteiger partial charge in [-0.3, -0.25) is 0 Å². The molecule has 0 atom stereocenters. The lowest BCUT2D eigenvalue weighted by molar-refractivity contribution is -0.0839. The van der Waals surface area contributed by atoms with Crippen molar-refractivity contribution in [2.24, 2.45) is 5.92 Å². The maximum atomic E-state index is 6.17. The molecule has 0 radical (unpaired) electrons. The summed E-state index contributed by atoms with van der Waals surface area (Å²) in [7, 11) is 0. The molecular weight excluding hydrogens is 250 g/mol. The molecule has 0 unspecified atom stereocenters. The minimum absolute atomic E-state index is 0.246. The molecule has 1 aliphatic heterocycles. The molecule has 1 aliphatic carbocycles. The summed E-state index contributed by atoms with van der Waals surface area (Å²) < 4.78 is 6.17. The second kappa shape index (κ2) is 5.41. The molecule has 3 rings (SSSR count). The fraction of sp³-hybridized carbons (Fsp3) is 0.750. The van der Waals surface area contributed by atoms with Crippen LogP contribution in [-0.2, 0) is 23.4 Å². The number of nitrogens with zero attached hydrogens (tertiary/aromatic N) is 2. The van der Waals surface area contributed by atoms with E-state index in [0.717, 1.165) is 50.0 Å². The molecule has 20 heavy (non-hydrogen) atoms. The zero-order chi connectivity index (χ0) is 14.2. The van der Waals surface area contributed by atoms with Crippen molar-refractivity contribution in [1.29, 1.82) is 0 Å². The van der Waals surface area contributed by atoms with Crippen LogP contribution in [-0.4, -0.2) is 16.6 Å². The lowest BCUT2D eigenvalue weighted by Gasteiger charge is -2.38. The van der Waals surface area contributed by atoms with Crippen LogP contribution in [0.15, 0.2) is 0 Å². The van der Waals surface area contributed by atoms with Crippen molar-refractivity contribution in [2.45, 2.75) is 65.1 Å². The highest BCUT2D eigenvalue weighted by Gasteiger charge is 2.40. The summed E-state index contributed by atoms with van der Waals surface area (Å²) in [5.74, 6) is 1.71. The van der Waals surface area contributed by atoms with Gasteiger partial charge in [0.2, 0.25) is 0 Å². The Bertz CT molecular complexity index is 493. The van der Waals surface area contributed by atoms with Crippen LogP contribution in [0.5, 0.6) is 0 Å². The van der Waals surface area contributed by atoms with Crippen molar-refractivity contribution in [3.63, 3.8) is 0 Å². The van der Waals surface area contributed by atoms with Crippen molar-refractivity contribution in [3.8, 4) is 0 Å². The van der Waals surface area contributed by atoms with Gasteiger partial charge in [-0.2, -0.15) is 0 Å². The molecule has 0 saturated heterocycles. The van der Waals surface area contributed by atoms with Gasteiger partial charge in [0.1, 0.15) is 5.60 Å². The maximum absolute atomic E-state index is 6.17. The number of fused-ring (bicyclic) bond motifs is 1. The minimum atomic E-state index is -0.246. The average molecular weight is 275 g/mol. The third-order valence-corrected chi connectivity index (χ3v) is 4.80. The first-order valence-corrected chi connectivity index (χ1v) is 7.86. The summed E-state index contributed by atoms with van der Waals surface area (Å²) in [6.07, 6.45) is 4.51. The minimum Gasteiger partial charge on any atom is -0.367 e. The van der Waals surface area contributed by atoms with Gasteiger partial charge in [-0.1, -0.05) is 6.92 Å². The Hall–Kier alpha value is -1.00. The van der Waals surface area contributed by atoms with E-state index in [1.165, 1.54) is 24.1 Å². The van der Waals surface area contributed by atoms with Crippen LogP contribution >= 0.6 is 0 Å². The topological polar surface area (TPSA) is 47.0 Å². The molecule has 1 aromatic heterocycles. The SMILES string of the molecule is CCOC1(c2nc(C)c3c(n2)CNC3)CCC(C)CC1. The van der Waals surface area contributed by atoms with E-state index in [4.69, 9.17) is 14.7 Å². The Morgan fingerprint density at radius 2 is 2.00 bits per heavy atom. The Balaban J connectivity index is 1.97. The predicted molar refractivity (Wildman–Crippen MR) is 78.2 cm³/mol. The van der Waals surface area contributed by atoms with Crippen LogP contribution in [0, 0.1) is 12.8 Å². The van der Waals surface area contributed by atoms with Crippen molar-refractivity contribution >= 4 is 0 Å². The molecule has 0 aromatic carbocycles. The van der Waals surface area contributed by atoms with E-state index in [9.17, 15) is 0 Å². The summed E-state index contributed by atoms with van der Waals surface area (Å²) in [5.41, 5.74) is 3.33. The Kier molecular flexibility index (Phi) is 3.78. The molecular formula is C16H25N3O. The van der Waals surface area contributed by atoms with Gasteiger partial charge >= 0.3 is 0 Å². The van der Waals surface area contributed by atoms with Gasteiger partial charge in [0.15, 0.2) is 5.82 Å². The molecule has 110 valence electrons. The Morgan fingerprint density at radius 3 is 2.70 bits per heavy atom. The second-order valence-electron chi connectivity index (χ2n) is 6.27. The summed E-state index contributed by atoms with van der Waals surface area (Å²) in [6.45, 7) is 8.99. The van der Waals surface area contributed by atoms with Gasteiger partial charge in [-0.05, 0) is 45.4 Å². The molecule has 1 fully saturated rings. The second-order valence-corrected chi connectivity index (χ2v) is 6.27. The average Bonchev–Trinajstić information content (AvgIpc) is 2.91. The monoisotopic (exact) mass is 275 g/mol. The van der Waals surface area contributed by atoms with E-state index in [-0.39, 0.29) is 5.60 Å². The number of ether oxygens (including phenoxy) is 1. The summed E-state index contributed by atoms with van der Waals surface area (Å²) in [4.78, 5) is 9.66. The molecule has 2 heterocycles. The molecule has 1 saturated carbocycles. The number of aryl methyl sites for hydroxylation is 1. The third kappa shape index (κ3) is 2.35. The van der Waals surface area contributed by atoms with Crippen molar-refractivity contribution in [2.75, 3.05) is 6.61 Å². The summed E-state index contributed by atoms with van der Waals surface area (Å²) in [6, 6.07) is 0. The van der Waals surface area contributed by atoms with E-state index >= 15 is 0 Å². The van der Waals surface area contributed by atoms with Gasteiger partial charge in [-0.15, -0.1) is 0 Å². The number of nitrogens with one attached hydrogen (secondary N) is 1. The normalized spacial score (nSPS) is 29.4. The summed E-state index contributed by atoms with van der Waals surface area (Å²) >= 11 is 0. The van der Waals surface area contributed by atoms with Gasteiger partial charge in [0.05, 0.1) is 5.69 Å². The fourth-order valence-electron chi connectivity index (χ4n) is 3.48. The standard InChI is InChI=1S/C16H25N3O/c1-4-20-16(7-5-11(2)6-8-16)15-18-12(3)13-9-17-10-14(13)19-15/h11,17H,4-10H2,1-3H3. The lowest BCUT2D eigenvalue weighted by atomic mass is 9.78. The van der Waals surface area contributed by atoms with Crippen LogP contribution in [0.25, 0.3) is 0 Å². The molecule has 4 heteroatoms. The molecule has 2 aliphatic rings. The van der Waals surface area contributed by atoms with Gasteiger partial charge in [-0.25, -0.2) is 9.97 Å². The number of rotatable bonds is 3. The summed E-state index contributed by atoms with van der Waals surface area (Å²) in [5, 5.41) is 3.37. The van der Waals surface area contributed by atoms with Gasteiger partial charge in [0.25, 0.3) is 0 Å². The molecule has 1 aromatic rings. The third-order valence-electron chi connectivity index (χ3n) is 4.80. The molecule has 0 bridgehead atoms. The van der Waals surface area contributed by atoms with Crippen LogP contribution in [0.4, 0.5) is 0 Å². The molecule has 0 spiro atoms. The highest BCUT2D eigenvalue weighted by atomic mass is 16.5. The largest absolute Gasteiger partial charge is 0.367 e. The molecule has 0 amide bonds. The Morgan fingerprint density at radius 1 is 1.25 bits per heavy atom. The quantitative estimate of drug-likeness (QED) is 0.921. The number of hydrogen-bond acceptors (Lipinski definition) is 4. The predicted octanol–water partition coefficient (Wildman–Crippen LogP) is 2.83. The van der Waals surface area contributed by atoms with E-state index in [0.29, 0.717) is 0 Å². The smallest absolute Gasteiger partial charge is 0.160 e. The fourth-order valence-corrected chi connectivity index (χ4v) is 3.48. The zero-order valence-corrected chi connectivity index (χ0v) is 12.8. The number of hydrogen-bond donors (Lipinski definition) is 1. The van der Waals surface area contributed by atoms with Crippen LogP contribution < -0.4 is 5.32 Å². The molecule has 4 nitrogen and oxygen atoms in total.